The SMILES string of the molecule is Cc1nc2cc(Nc3ccccc3[N+](=O)[O-])ccc2o1. The van der Waals surface area contributed by atoms with Gasteiger partial charge in [-0.2, -0.15) is 0 Å². The first-order valence-corrected chi connectivity index (χ1v) is 6.01. The highest BCUT2D eigenvalue weighted by molar-refractivity contribution is 5.80. The number of fused-ring (bicyclic) bond motifs is 1. The van der Waals surface area contributed by atoms with Crippen molar-refractivity contribution < 1.29 is 9.34 Å². The normalized spacial score (nSPS) is 10.7. The van der Waals surface area contributed by atoms with Gasteiger partial charge in [-0.05, 0) is 24.3 Å². The predicted molar refractivity (Wildman–Crippen MR) is 75.1 cm³/mol. The summed E-state index contributed by atoms with van der Waals surface area (Å²) < 4.78 is 5.39. The molecule has 0 amide bonds. The number of hydrogen-bond acceptors (Lipinski definition) is 5. The monoisotopic (exact) mass is 269 g/mol. The van der Waals surface area contributed by atoms with Crippen LogP contribution in [0.4, 0.5) is 17.1 Å². The predicted octanol–water partition coefficient (Wildman–Crippen LogP) is 3.79. The lowest BCUT2D eigenvalue weighted by atomic mass is 10.2. The summed E-state index contributed by atoms with van der Waals surface area (Å²) in [4.78, 5) is 14.8. The lowest BCUT2D eigenvalue weighted by Gasteiger charge is -2.06. The van der Waals surface area contributed by atoms with Crippen molar-refractivity contribution in [2.75, 3.05) is 5.32 Å². The lowest BCUT2D eigenvalue weighted by Crippen LogP contribution is -1.96. The van der Waals surface area contributed by atoms with Crippen molar-refractivity contribution in [1.82, 2.24) is 4.98 Å². The highest BCUT2D eigenvalue weighted by Gasteiger charge is 2.12. The first-order valence-electron chi connectivity index (χ1n) is 6.01. The number of oxazole rings is 1. The average Bonchev–Trinajstić information content (AvgIpc) is 2.78. The van der Waals surface area contributed by atoms with E-state index in [9.17, 15) is 10.1 Å². The fourth-order valence-corrected chi connectivity index (χ4v) is 2.01. The molecule has 6 nitrogen and oxygen atoms in total. The fourth-order valence-electron chi connectivity index (χ4n) is 2.01. The van der Waals surface area contributed by atoms with Gasteiger partial charge in [-0.15, -0.1) is 0 Å². The first-order chi connectivity index (χ1) is 9.63. The van der Waals surface area contributed by atoms with Crippen LogP contribution in [-0.4, -0.2) is 9.91 Å². The van der Waals surface area contributed by atoms with Gasteiger partial charge >= 0.3 is 0 Å². The zero-order chi connectivity index (χ0) is 14.1. The molecule has 0 spiro atoms. The van der Waals surface area contributed by atoms with Crippen LogP contribution in [0.15, 0.2) is 46.9 Å². The molecule has 0 saturated heterocycles. The molecular weight excluding hydrogens is 258 g/mol. The Labute approximate surface area is 114 Å². The second kappa shape index (κ2) is 4.65. The number of aromatic nitrogens is 1. The molecule has 20 heavy (non-hydrogen) atoms. The first kappa shape index (κ1) is 12.2. The number of anilines is 2. The van der Waals surface area contributed by atoms with Gasteiger partial charge < -0.3 is 9.73 Å². The Hall–Kier alpha value is -2.89. The van der Waals surface area contributed by atoms with Crippen LogP contribution in [-0.2, 0) is 0 Å². The highest BCUT2D eigenvalue weighted by Crippen LogP contribution is 2.28. The van der Waals surface area contributed by atoms with Gasteiger partial charge in [-0.25, -0.2) is 4.98 Å². The molecular formula is C14H11N3O3. The van der Waals surface area contributed by atoms with E-state index in [1.807, 2.05) is 0 Å². The number of aryl methyl sites for hydroxylation is 1. The summed E-state index contributed by atoms with van der Waals surface area (Å²) in [6, 6.07) is 11.9. The van der Waals surface area contributed by atoms with E-state index in [2.05, 4.69) is 10.3 Å². The standard InChI is InChI=1S/C14H11N3O3/c1-9-15-12-8-10(6-7-14(12)20-9)16-11-4-2-3-5-13(11)17(18)19/h2-8,16H,1H3. The number of benzene rings is 2. The molecule has 0 aliphatic rings. The summed E-state index contributed by atoms with van der Waals surface area (Å²) in [7, 11) is 0. The second-order valence-electron chi connectivity index (χ2n) is 4.31. The van der Waals surface area contributed by atoms with Crippen molar-refractivity contribution in [1.29, 1.82) is 0 Å². The molecule has 100 valence electrons. The molecule has 0 saturated carbocycles. The maximum absolute atomic E-state index is 11.0. The van der Waals surface area contributed by atoms with Crippen molar-refractivity contribution >= 4 is 28.2 Å². The summed E-state index contributed by atoms with van der Waals surface area (Å²) in [5.74, 6) is 0.586. The largest absolute Gasteiger partial charge is 0.441 e. The van der Waals surface area contributed by atoms with Gasteiger partial charge in [-0.1, -0.05) is 12.1 Å². The molecule has 1 aromatic heterocycles. The maximum Gasteiger partial charge on any atom is 0.292 e. The third kappa shape index (κ3) is 2.18. The lowest BCUT2D eigenvalue weighted by molar-refractivity contribution is -0.383. The van der Waals surface area contributed by atoms with E-state index in [1.165, 1.54) is 6.07 Å². The minimum absolute atomic E-state index is 0.0314. The van der Waals surface area contributed by atoms with Crippen LogP contribution >= 0.6 is 0 Å². The number of nitro groups is 1. The number of para-hydroxylation sites is 2. The summed E-state index contributed by atoms with van der Waals surface area (Å²) in [6.07, 6.45) is 0. The van der Waals surface area contributed by atoms with Gasteiger partial charge in [0.25, 0.3) is 5.69 Å². The Morgan fingerprint density at radius 1 is 1.25 bits per heavy atom. The van der Waals surface area contributed by atoms with Crippen LogP contribution in [0, 0.1) is 17.0 Å². The molecule has 0 atom stereocenters. The molecule has 0 fully saturated rings. The maximum atomic E-state index is 11.0. The van der Waals surface area contributed by atoms with Gasteiger partial charge in [0.2, 0.25) is 0 Å². The van der Waals surface area contributed by atoms with Crippen LogP contribution in [0.5, 0.6) is 0 Å². The summed E-state index contributed by atoms with van der Waals surface area (Å²) in [5, 5.41) is 14.0. The molecule has 3 aromatic rings. The second-order valence-corrected chi connectivity index (χ2v) is 4.31. The van der Waals surface area contributed by atoms with E-state index in [0.717, 1.165) is 5.69 Å². The van der Waals surface area contributed by atoms with Crippen molar-refractivity contribution in [3.8, 4) is 0 Å². The Kier molecular flexibility index (Phi) is 2.83. The third-order valence-corrected chi connectivity index (χ3v) is 2.87. The quantitative estimate of drug-likeness (QED) is 0.578. The van der Waals surface area contributed by atoms with E-state index >= 15 is 0 Å². The molecule has 0 bridgehead atoms. The molecule has 0 aliphatic carbocycles. The van der Waals surface area contributed by atoms with Crippen molar-refractivity contribution in [3.05, 3.63) is 58.5 Å². The number of nitrogens with one attached hydrogen (secondary N) is 1. The van der Waals surface area contributed by atoms with Crippen LogP contribution in [0.3, 0.4) is 0 Å². The number of nitrogens with zero attached hydrogens (tertiary/aromatic N) is 2. The fraction of sp³-hybridized carbons (Fsp3) is 0.0714. The topological polar surface area (TPSA) is 81.2 Å². The van der Waals surface area contributed by atoms with Gasteiger partial charge in [0.1, 0.15) is 11.2 Å². The van der Waals surface area contributed by atoms with Crippen LogP contribution in [0.1, 0.15) is 5.89 Å². The van der Waals surface area contributed by atoms with Crippen molar-refractivity contribution in [3.63, 3.8) is 0 Å². The van der Waals surface area contributed by atoms with Gasteiger partial charge in [0.05, 0.1) is 4.92 Å². The molecule has 3 rings (SSSR count). The molecule has 2 aromatic carbocycles. The van der Waals surface area contributed by atoms with Gasteiger partial charge in [-0.3, -0.25) is 10.1 Å². The molecule has 1 heterocycles. The molecule has 0 aliphatic heterocycles. The number of hydrogen-bond donors (Lipinski definition) is 1. The van der Waals surface area contributed by atoms with Crippen LogP contribution < -0.4 is 5.32 Å². The van der Waals surface area contributed by atoms with Gasteiger partial charge in [0.15, 0.2) is 11.5 Å². The highest BCUT2D eigenvalue weighted by atomic mass is 16.6. The summed E-state index contributed by atoms with van der Waals surface area (Å²) >= 11 is 0. The smallest absolute Gasteiger partial charge is 0.292 e. The van der Waals surface area contributed by atoms with E-state index in [-0.39, 0.29) is 5.69 Å². The molecule has 0 unspecified atom stereocenters. The average molecular weight is 269 g/mol. The van der Waals surface area contributed by atoms with E-state index in [0.29, 0.717) is 22.7 Å². The number of rotatable bonds is 3. The summed E-state index contributed by atoms with van der Waals surface area (Å²) in [5.41, 5.74) is 2.60. The van der Waals surface area contributed by atoms with Crippen LogP contribution in [0.25, 0.3) is 11.1 Å². The third-order valence-electron chi connectivity index (χ3n) is 2.87. The summed E-state index contributed by atoms with van der Waals surface area (Å²) in [6.45, 7) is 1.77. The Bertz CT molecular complexity index is 795. The minimum Gasteiger partial charge on any atom is -0.441 e. The van der Waals surface area contributed by atoms with Crippen molar-refractivity contribution in [2.45, 2.75) is 6.92 Å². The van der Waals surface area contributed by atoms with Crippen LogP contribution in [0.2, 0.25) is 0 Å². The number of nitro benzene ring substituents is 1. The molecule has 6 heteroatoms. The Morgan fingerprint density at radius 3 is 2.85 bits per heavy atom. The van der Waals surface area contributed by atoms with Crippen molar-refractivity contribution in [2.24, 2.45) is 0 Å². The van der Waals surface area contributed by atoms with E-state index in [4.69, 9.17) is 4.42 Å². The minimum atomic E-state index is -0.416. The van der Waals surface area contributed by atoms with E-state index in [1.54, 1.807) is 43.3 Å². The molecule has 0 radical (unpaired) electrons. The molecule has 1 N–H and O–H groups in total. The Balaban J connectivity index is 1.98. The van der Waals surface area contributed by atoms with Gasteiger partial charge in [0, 0.05) is 18.7 Å². The zero-order valence-electron chi connectivity index (χ0n) is 10.7. The zero-order valence-corrected chi connectivity index (χ0v) is 10.7. The van der Waals surface area contributed by atoms with E-state index < -0.39 is 4.92 Å². The Morgan fingerprint density at radius 2 is 2.05 bits per heavy atom.